The molecule has 0 aromatic heterocycles. The van der Waals surface area contributed by atoms with Gasteiger partial charge < -0.3 is 14.2 Å². The fourth-order valence-electron chi connectivity index (χ4n) is 2.22. The molecule has 0 bridgehead atoms. The molecule has 0 radical (unpaired) electrons. The molecule has 2 rings (SSSR count). The third-order valence-electron chi connectivity index (χ3n) is 3.56. The zero-order chi connectivity index (χ0) is 20.0. The van der Waals surface area contributed by atoms with E-state index >= 15 is 0 Å². The summed E-state index contributed by atoms with van der Waals surface area (Å²) in [7, 11) is 4.23. The third-order valence-corrected chi connectivity index (χ3v) is 3.56. The summed E-state index contributed by atoms with van der Waals surface area (Å²) in [5, 5.41) is 10.8. The van der Waals surface area contributed by atoms with Gasteiger partial charge in [-0.2, -0.15) is 0 Å². The Morgan fingerprint density at radius 2 is 1.48 bits per heavy atom. The van der Waals surface area contributed by atoms with E-state index in [1.807, 2.05) is 0 Å². The van der Waals surface area contributed by atoms with E-state index in [1.165, 1.54) is 51.7 Å². The van der Waals surface area contributed by atoms with Gasteiger partial charge in [0.05, 0.1) is 31.8 Å². The van der Waals surface area contributed by atoms with Gasteiger partial charge in [0.2, 0.25) is 0 Å². The molecule has 0 aliphatic rings. The minimum atomic E-state index is -0.716. The molecule has 2 amide bonds. The van der Waals surface area contributed by atoms with Gasteiger partial charge in [0, 0.05) is 29.8 Å². The van der Waals surface area contributed by atoms with Crippen LogP contribution in [0.15, 0.2) is 36.4 Å². The van der Waals surface area contributed by atoms with Crippen molar-refractivity contribution in [1.82, 2.24) is 10.9 Å². The molecule has 0 fully saturated rings. The first-order valence-corrected chi connectivity index (χ1v) is 7.56. The number of benzene rings is 2. The Labute approximate surface area is 154 Å². The fraction of sp³-hybridized carbons (Fsp3) is 0.176. The lowest BCUT2D eigenvalue weighted by atomic mass is 10.1. The van der Waals surface area contributed by atoms with Crippen LogP contribution in [0.25, 0.3) is 0 Å². The Balaban J connectivity index is 2.17. The summed E-state index contributed by atoms with van der Waals surface area (Å²) in [4.78, 5) is 34.7. The van der Waals surface area contributed by atoms with Gasteiger partial charge in [0.15, 0.2) is 11.5 Å². The van der Waals surface area contributed by atoms with Gasteiger partial charge in [-0.1, -0.05) is 6.07 Å². The van der Waals surface area contributed by atoms with E-state index < -0.39 is 16.7 Å². The smallest absolute Gasteiger partial charge is 0.273 e. The molecule has 2 aromatic carbocycles. The number of amides is 2. The van der Waals surface area contributed by atoms with Crippen LogP contribution in [0, 0.1) is 10.1 Å². The molecule has 142 valence electrons. The fourth-order valence-corrected chi connectivity index (χ4v) is 2.22. The highest BCUT2D eigenvalue weighted by atomic mass is 16.6. The van der Waals surface area contributed by atoms with Crippen molar-refractivity contribution in [2.75, 3.05) is 21.3 Å². The first-order chi connectivity index (χ1) is 12.9. The molecule has 27 heavy (non-hydrogen) atoms. The second kappa shape index (κ2) is 8.52. The first-order valence-electron chi connectivity index (χ1n) is 7.56. The van der Waals surface area contributed by atoms with Crippen LogP contribution < -0.4 is 25.1 Å². The Bertz CT molecular complexity index is 883. The van der Waals surface area contributed by atoms with Crippen molar-refractivity contribution in [3.63, 3.8) is 0 Å². The number of hydrazine groups is 1. The number of nitro benzene ring substituents is 1. The Hall–Kier alpha value is -3.82. The number of nitro groups is 1. The maximum Gasteiger partial charge on any atom is 0.273 e. The van der Waals surface area contributed by atoms with E-state index in [2.05, 4.69) is 10.9 Å². The van der Waals surface area contributed by atoms with Crippen LogP contribution >= 0.6 is 0 Å². The maximum atomic E-state index is 12.4. The van der Waals surface area contributed by atoms with Gasteiger partial charge in [-0.3, -0.25) is 30.6 Å². The van der Waals surface area contributed by atoms with Gasteiger partial charge in [-0.05, 0) is 6.07 Å². The predicted molar refractivity (Wildman–Crippen MR) is 94.1 cm³/mol. The van der Waals surface area contributed by atoms with Crippen molar-refractivity contribution in [1.29, 1.82) is 0 Å². The molecule has 0 saturated heterocycles. The summed E-state index contributed by atoms with van der Waals surface area (Å²) < 4.78 is 15.4. The largest absolute Gasteiger partial charge is 0.496 e. The lowest BCUT2D eigenvalue weighted by Crippen LogP contribution is -2.41. The molecular formula is C17H17N3O7. The predicted octanol–water partition coefficient (Wildman–Crippen LogP) is 1.70. The van der Waals surface area contributed by atoms with Crippen molar-refractivity contribution in [2.24, 2.45) is 0 Å². The number of non-ortho nitro benzene ring substituents is 1. The average molecular weight is 375 g/mol. The number of hydrogen-bond acceptors (Lipinski definition) is 7. The average Bonchev–Trinajstić information content (AvgIpc) is 2.70. The second-order valence-corrected chi connectivity index (χ2v) is 5.12. The molecule has 0 aliphatic heterocycles. The first kappa shape index (κ1) is 19.5. The van der Waals surface area contributed by atoms with Crippen LogP contribution in [0.5, 0.6) is 17.2 Å². The Kier molecular flexibility index (Phi) is 6.15. The van der Waals surface area contributed by atoms with Crippen molar-refractivity contribution in [2.45, 2.75) is 0 Å². The summed E-state index contributed by atoms with van der Waals surface area (Å²) >= 11 is 0. The van der Waals surface area contributed by atoms with Gasteiger partial charge in [0.1, 0.15) is 5.75 Å². The van der Waals surface area contributed by atoms with Crippen molar-refractivity contribution in [3.8, 4) is 17.2 Å². The molecule has 10 nitrogen and oxygen atoms in total. The Morgan fingerprint density at radius 3 is 2.07 bits per heavy atom. The number of ether oxygens (including phenoxy) is 3. The Morgan fingerprint density at radius 1 is 0.889 bits per heavy atom. The molecule has 0 saturated carbocycles. The van der Waals surface area contributed by atoms with Crippen LogP contribution in [0.3, 0.4) is 0 Å². The molecule has 2 N–H and O–H groups in total. The number of carbonyl (C=O) groups is 2. The maximum absolute atomic E-state index is 12.4. The summed E-state index contributed by atoms with van der Waals surface area (Å²) in [5.41, 5.74) is 4.29. The summed E-state index contributed by atoms with van der Waals surface area (Å²) in [6.45, 7) is 0. The van der Waals surface area contributed by atoms with E-state index in [9.17, 15) is 19.7 Å². The van der Waals surface area contributed by atoms with Gasteiger partial charge in [-0.15, -0.1) is 0 Å². The van der Waals surface area contributed by atoms with E-state index in [1.54, 1.807) is 0 Å². The molecule has 0 atom stereocenters. The van der Waals surface area contributed by atoms with Crippen molar-refractivity contribution < 1.29 is 28.7 Å². The highest BCUT2D eigenvalue weighted by Crippen LogP contribution is 2.34. The quantitative estimate of drug-likeness (QED) is 0.580. The summed E-state index contributed by atoms with van der Waals surface area (Å²) in [6.07, 6.45) is 0. The van der Waals surface area contributed by atoms with Crippen molar-refractivity contribution in [3.05, 3.63) is 57.6 Å². The van der Waals surface area contributed by atoms with Crippen LogP contribution in [0.4, 0.5) is 5.69 Å². The number of carbonyl (C=O) groups excluding carboxylic acids is 2. The zero-order valence-corrected chi connectivity index (χ0v) is 14.8. The molecule has 0 spiro atoms. The monoisotopic (exact) mass is 375 g/mol. The number of rotatable bonds is 6. The summed E-state index contributed by atoms with van der Waals surface area (Å²) in [5.74, 6) is -0.521. The number of methoxy groups -OCH3 is 3. The SMILES string of the molecule is COc1cc(OC)c(C(=O)NNC(=O)c2cccc([N+](=O)[O-])c2)cc1OC. The lowest BCUT2D eigenvalue weighted by Gasteiger charge is -2.14. The van der Waals surface area contributed by atoms with E-state index in [0.717, 1.165) is 6.07 Å². The van der Waals surface area contributed by atoms with Crippen LogP contribution in [0.1, 0.15) is 20.7 Å². The number of nitrogens with one attached hydrogen (secondary N) is 2. The second-order valence-electron chi connectivity index (χ2n) is 5.12. The topological polar surface area (TPSA) is 129 Å². The summed E-state index contributed by atoms with van der Waals surface area (Å²) in [6, 6.07) is 7.96. The van der Waals surface area contributed by atoms with Crippen LogP contribution in [-0.4, -0.2) is 38.1 Å². The zero-order valence-electron chi connectivity index (χ0n) is 14.8. The highest BCUT2D eigenvalue weighted by Gasteiger charge is 2.19. The molecule has 0 unspecified atom stereocenters. The van der Waals surface area contributed by atoms with Gasteiger partial charge in [0.25, 0.3) is 17.5 Å². The van der Waals surface area contributed by atoms with Gasteiger partial charge >= 0.3 is 0 Å². The van der Waals surface area contributed by atoms with Crippen molar-refractivity contribution >= 4 is 17.5 Å². The molecule has 0 heterocycles. The molecule has 10 heteroatoms. The van der Waals surface area contributed by atoms with Gasteiger partial charge in [-0.25, -0.2) is 0 Å². The standard InChI is InChI=1S/C17H17N3O7/c1-25-13-9-15(27-3)14(26-2)8-12(13)17(22)19-18-16(21)10-5-4-6-11(7-10)20(23)24/h4-9H,1-3H3,(H,18,21)(H,19,22). The van der Waals surface area contributed by atoms with Crippen LogP contribution in [0.2, 0.25) is 0 Å². The normalized spacial score (nSPS) is 9.89. The number of nitrogens with zero attached hydrogens (tertiary/aromatic N) is 1. The molecule has 0 aliphatic carbocycles. The van der Waals surface area contributed by atoms with E-state index in [-0.39, 0.29) is 22.6 Å². The van der Waals surface area contributed by atoms with E-state index in [4.69, 9.17) is 14.2 Å². The number of hydrogen-bond donors (Lipinski definition) is 2. The highest BCUT2D eigenvalue weighted by molar-refractivity contribution is 6.01. The minimum Gasteiger partial charge on any atom is -0.496 e. The van der Waals surface area contributed by atoms with Crippen LogP contribution in [-0.2, 0) is 0 Å². The molecular weight excluding hydrogens is 358 g/mol. The van der Waals surface area contributed by atoms with E-state index in [0.29, 0.717) is 11.5 Å². The lowest BCUT2D eigenvalue weighted by molar-refractivity contribution is -0.384. The third kappa shape index (κ3) is 4.42. The molecule has 2 aromatic rings. The minimum absolute atomic E-state index is 0.0174.